The van der Waals surface area contributed by atoms with Gasteiger partial charge in [-0.05, 0) is 55.5 Å². The normalized spacial score (nSPS) is 12.0. The van der Waals surface area contributed by atoms with Gasteiger partial charge in [0, 0.05) is 26.1 Å². The number of benzene rings is 2. The third kappa shape index (κ3) is 9.72. The molecule has 2 aromatic carbocycles. The highest BCUT2D eigenvalue weighted by atomic mass is 32.2. The number of unbranched alkanes of at least 4 members (excludes halogenated alkanes) is 1. The monoisotopic (exact) mass is 531 g/mol. The maximum absolute atomic E-state index is 13.4. The van der Waals surface area contributed by atoms with Crippen molar-refractivity contribution in [2.24, 2.45) is 0 Å². The predicted octanol–water partition coefficient (Wildman–Crippen LogP) is 4.01. The molecular formula is C28H41N3O5S. The van der Waals surface area contributed by atoms with Gasteiger partial charge in [-0.1, -0.05) is 50.6 Å². The Morgan fingerprint density at radius 3 is 2.22 bits per heavy atom. The Kier molecular flexibility index (Phi) is 12.4. The zero-order chi connectivity index (χ0) is 27.3. The lowest BCUT2D eigenvalue weighted by atomic mass is 10.1. The molecule has 0 aliphatic carbocycles. The third-order valence-corrected chi connectivity index (χ3v) is 7.41. The van der Waals surface area contributed by atoms with E-state index in [1.807, 2.05) is 37.3 Å². The molecule has 1 atom stereocenters. The van der Waals surface area contributed by atoms with Crippen molar-refractivity contribution in [1.29, 1.82) is 0 Å². The number of anilines is 1. The van der Waals surface area contributed by atoms with Crippen LogP contribution in [0.2, 0.25) is 0 Å². The lowest BCUT2D eigenvalue weighted by molar-refractivity contribution is -0.140. The maximum Gasteiger partial charge on any atom is 0.242 e. The van der Waals surface area contributed by atoms with Gasteiger partial charge in [0.1, 0.15) is 11.8 Å². The molecule has 1 N–H and O–H groups in total. The van der Waals surface area contributed by atoms with Gasteiger partial charge in [-0.25, -0.2) is 8.42 Å². The minimum atomic E-state index is -3.55. The van der Waals surface area contributed by atoms with Crippen LogP contribution >= 0.6 is 0 Å². The van der Waals surface area contributed by atoms with E-state index in [0.717, 1.165) is 24.7 Å². The van der Waals surface area contributed by atoms with Crippen molar-refractivity contribution in [3.05, 3.63) is 60.2 Å². The molecule has 0 saturated carbocycles. The quantitative estimate of drug-likeness (QED) is 0.330. The largest absolute Gasteiger partial charge is 0.497 e. The number of hydrogen-bond donors (Lipinski definition) is 1. The van der Waals surface area contributed by atoms with Gasteiger partial charge in [-0.15, -0.1) is 0 Å². The number of nitrogens with one attached hydrogen (secondary N) is 1. The van der Waals surface area contributed by atoms with Crippen molar-refractivity contribution in [1.82, 2.24) is 10.2 Å². The summed E-state index contributed by atoms with van der Waals surface area (Å²) in [6, 6.07) is 16.1. The van der Waals surface area contributed by atoms with Crippen LogP contribution in [0.3, 0.4) is 0 Å². The van der Waals surface area contributed by atoms with E-state index in [4.69, 9.17) is 4.74 Å². The Morgan fingerprint density at radius 2 is 1.65 bits per heavy atom. The van der Waals surface area contributed by atoms with E-state index in [1.165, 1.54) is 4.31 Å². The van der Waals surface area contributed by atoms with Crippen molar-refractivity contribution >= 4 is 27.5 Å². The number of hydrogen-bond acceptors (Lipinski definition) is 5. The van der Waals surface area contributed by atoms with Crippen LogP contribution in [0.4, 0.5) is 5.69 Å². The minimum Gasteiger partial charge on any atom is -0.497 e. The number of ether oxygens (including phenoxy) is 1. The van der Waals surface area contributed by atoms with Crippen LogP contribution in [0.25, 0.3) is 0 Å². The molecule has 2 amide bonds. The Hall–Kier alpha value is -3.07. The first-order valence-electron chi connectivity index (χ1n) is 12.9. The summed E-state index contributed by atoms with van der Waals surface area (Å²) in [4.78, 5) is 28.0. The Bertz CT molecular complexity index is 1070. The smallest absolute Gasteiger partial charge is 0.242 e. The van der Waals surface area contributed by atoms with Crippen molar-refractivity contribution in [3.8, 4) is 5.75 Å². The van der Waals surface area contributed by atoms with Crippen molar-refractivity contribution in [2.45, 2.75) is 58.4 Å². The number of amides is 2. The van der Waals surface area contributed by atoms with Crippen LogP contribution in [0, 0.1) is 0 Å². The van der Waals surface area contributed by atoms with Gasteiger partial charge in [0.2, 0.25) is 21.8 Å². The van der Waals surface area contributed by atoms with E-state index in [1.54, 1.807) is 36.3 Å². The minimum absolute atomic E-state index is 0.135. The second kappa shape index (κ2) is 15.2. The van der Waals surface area contributed by atoms with Crippen LogP contribution in [-0.2, 0) is 26.0 Å². The summed E-state index contributed by atoms with van der Waals surface area (Å²) < 4.78 is 31.4. The molecule has 0 heterocycles. The standard InChI is InChI=1S/C28H41N3O5S/c1-5-7-20-29-28(33)26(6-2)30(22-19-23-12-9-8-10-13-23)27(32)14-11-21-31(37(4,34)35)24-15-17-25(36-3)18-16-24/h8-10,12-13,15-18,26H,5-7,11,14,19-22H2,1-4H3,(H,29,33). The Morgan fingerprint density at radius 1 is 0.973 bits per heavy atom. The lowest BCUT2D eigenvalue weighted by Crippen LogP contribution is -2.50. The fourth-order valence-electron chi connectivity index (χ4n) is 4.15. The first-order chi connectivity index (χ1) is 17.7. The van der Waals surface area contributed by atoms with E-state index < -0.39 is 16.1 Å². The molecule has 0 saturated heterocycles. The van der Waals surface area contributed by atoms with E-state index in [9.17, 15) is 18.0 Å². The zero-order valence-corrected chi connectivity index (χ0v) is 23.3. The van der Waals surface area contributed by atoms with Crippen LogP contribution in [0.15, 0.2) is 54.6 Å². The number of sulfonamides is 1. The van der Waals surface area contributed by atoms with Crippen LogP contribution in [0.1, 0.15) is 51.5 Å². The molecule has 2 rings (SSSR count). The molecular weight excluding hydrogens is 490 g/mol. The molecule has 2 aromatic rings. The SMILES string of the molecule is CCCCNC(=O)C(CC)N(CCc1ccccc1)C(=O)CCCN(c1ccc(OC)cc1)S(C)(=O)=O. The van der Waals surface area contributed by atoms with Crippen LogP contribution < -0.4 is 14.4 Å². The van der Waals surface area contributed by atoms with E-state index >= 15 is 0 Å². The molecule has 0 radical (unpaired) electrons. The number of rotatable bonds is 16. The lowest BCUT2D eigenvalue weighted by Gasteiger charge is -2.31. The molecule has 0 aromatic heterocycles. The van der Waals surface area contributed by atoms with Crippen molar-refractivity contribution in [2.75, 3.05) is 37.3 Å². The second-order valence-electron chi connectivity index (χ2n) is 9.03. The van der Waals surface area contributed by atoms with Crippen molar-refractivity contribution in [3.63, 3.8) is 0 Å². The first-order valence-corrected chi connectivity index (χ1v) is 14.8. The zero-order valence-electron chi connectivity index (χ0n) is 22.5. The molecule has 0 fully saturated rings. The van der Waals surface area contributed by atoms with Gasteiger partial charge in [0.15, 0.2) is 0 Å². The average molecular weight is 532 g/mol. The van der Waals surface area contributed by atoms with Gasteiger partial charge < -0.3 is 15.0 Å². The number of carbonyl (C=O) groups is 2. The Labute approximate surface area is 222 Å². The van der Waals surface area contributed by atoms with Crippen LogP contribution in [0.5, 0.6) is 5.75 Å². The predicted molar refractivity (Wildman–Crippen MR) is 148 cm³/mol. The summed E-state index contributed by atoms with van der Waals surface area (Å²) in [6.07, 6.45) is 4.60. The summed E-state index contributed by atoms with van der Waals surface area (Å²) in [7, 11) is -2.00. The number of methoxy groups -OCH3 is 1. The number of nitrogens with zero attached hydrogens (tertiary/aromatic N) is 2. The summed E-state index contributed by atoms with van der Waals surface area (Å²) in [5, 5.41) is 2.96. The molecule has 0 aliphatic heterocycles. The fourth-order valence-corrected chi connectivity index (χ4v) is 5.12. The average Bonchev–Trinajstić information content (AvgIpc) is 2.89. The second-order valence-corrected chi connectivity index (χ2v) is 10.9. The molecule has 0 spiro atoms. The highest BCUT2D eigenvalue weighted by Gasteiger charge is 2.28. The summed E-state index contributed by atoms with van der Waals surface area (Å²) in [5.41, 5.74) is 1.60. The summed E-state index contributed by atoms with van der Waals surface area (Å²) in [6.45, 7) is 5.12. The van der Waals surface area contributed by atoms with Gasteiger partial charge in [-0.3, -0.25) is 13.9 Å². The van der Waals surface area contributed by atoms with Crippen LogP contribution in [-0.4, -0.2) is 64.2 Å². The van der Waals surface area contributed by atoms with Gasteiger partial charge >= 0.3 is 0 Å². The topological polar surface area (TPSA) is 96.0 Å². The number of carbonyl (C=O) groups excluding carboxylic acids is 2. The van der Waals surface area contributed by atoms with Gasteiger partial charge in [-0.2, -0.15) is 0 Å². The van der Waals surface area contributed by atoms with Gasteiger partial charge in [0.25, 0.3) is 0 Å². The highest BCUT2D eigenvalue weighted by Crippen LogP contribution is 2.22. The molecule has 37 heavy (non-hydrogen) atoms. The van der Waals surface area contributed by atoms with Crippen molar-refractivity contribution < 1.29 is 22.7 Å². The molecule has 8 nitrogen and oxygen atoms in total. The highest BCUT2D eigenvalue weighted by molar-refractivity contribution is 7.92. The van der Waals surface area contributed by atoms with E-state index in [2.05, 4.69) is 12.2 Å². The van der Waals surface area contributed by atoms with E-state index in [-0.39, 0.29) is 24.8 Å². The molecule has 0 bridgehead atoms. The molecule has 0 aliphatic rings. The first kappa shape index (κ1) is 30.2. The molecule has 204 valence electrons. The fraction of sp³-hybridized carbons (Fsp3) is 0.500. The van der Waals surface area contributed by atoms with E-state index in [0.29, 0.717) is 43.8 Å². The Balaban J connectivity index is 2.13. The molecule has 1 unspecified atom stereocenters. The maximum atomic E-state index is 13.4. The summed E-state index contributed by atoms with van der Waals surface area (Å²) >= 11 is 0. The summed E-state index contributed by atoms with van der Waals surface area (Å²) in [5.74, 6) is 0.328. The van der Waals surface area contributed by atoms with Gasteiger partial charge in [0.05, 0.1) is 19.1 Å². The molecule has 9 heteroatoms. The third-order valence-electron chi connectivity index (χ3n) is 6.21.